The van der Waals surface area contributed by atoms with Gasteiger partial charge in [0.05, 0.1) is 5.37 Å². The first kappa shape index (κ1) is 9.97. The molecule has 0 aromatic carbocycles. The molecule has 3 aliphatic rings. The van der Waals surface area contributed by atoms with Gasteiger partial charge in [-0.15, -0.1) is 0 Å². The molecule has 0 radical (unpaired) electrons. The summed E-state index contributed by atoms with van der Waals surface area (Å²) in [5.74, 6) is 1.71. The summed E-state index contributed by atoms with van der Waals surface area (Å²) in [5.41, 5.74) is 0. The Labute approximate surface area is 95.7 Å². The summed E-state index contributed by atoms with van der Waals surface area (Å²) in [7, 11) is 2.07. The molecule has 1 N–H and O–H groups in total. The van der Waals surface area contributed by atoms with Crippen LogP contribution in [-0.4, -0.2) is 35.1 Å². The summed E-state index contributed by atoms with van der Waals surface area (Å²) in [6.45, 7) is 3.46. The zero-order chi connectivity index (χ0) is 10.4. The Balaban J connectivity index is 1.47. The van der Waals surface area contributed by atoms with Crippen LogP contribution in [0, 0.1) is 11.8 Å². The molecule has 1 aliphatic heterocycles. The Morgan fingerprint density at radius 2 is 2.33 bits per heavy atom. The van der Waals surface area contributed by atoms with Gasteiger partial charge in [0, 0.05) is 19.0 Å². The molecule has 3 unspecified atom stereocenters. The molecule has 15 heavy (non-hydrogen) atoms. The van der Waals surface area contributed by atoms with Gasteiger partial charge in [0.1, 0.15) is 5.04 Å². The fourth-order valence-corrected chi connectivity index (χ4v) is 3.17. The molecule has 3 rings (SSSR count). The maximum Gasteiger partial charge on any atom is 0.100 e. The highest BCUT2D eigenvalue weighted by atomic mass is 32.2. The fraction of sp³-hybridized carbons (Fsp3) is 0.909. The van der Waals surface area contributed by atoms with Gasteiger partial charge in [0.2, 0.25) is 0 Å². The average Bonchev–Trinajstić information content (AvgIpc) is 3.10. The predicted molar refractivity (Wildman–Crippen MR) is 64.9 cm³/mol. The van der Waals surface area contributed by atoms with Gasteiger partial charge in [0.25, 0.3) is 0 Å². The quantitative estimate of drug-likeness (QED) is 0.789. The topological polar surface area (TPSA) is 27.6 Å². The van der Waals surface area contributed by atoms with Crippen molar-refractivity contribution in [2.75, 3.05) is 13.6 Å². The van der Waals surface area contributed by atoms with Crippen LogP contribution in [0.4, 0.5) is 0 Å². The Kier molecular flexibility index (Phi) is 2.44. The molecule has 3 atom stereocenters. The molecule has 2 fully saturated rings. The van der Waals surface area contributed by atoms with Crippen molar-refractivity contribution >= 4 is 16.8 Å². The van der Waals surface area contributed by atoms with Crippen LogP contribution in [0.3, 0.4) is 0 Å². The van der Waals surface area contributed by atoms with Gasteiger partial charge in [-0.25, -0.2) is 0 Å². The zero-order valence-electron chi connectivity index (χ0n) is 9.44. The molecule has 1 heterocycles. The van der Waals surface area contributed by atoms with Gasteiger partial charge in [0.15, 0.2) is 0 Å². The van der Waals surface area contributed by atoms with Crippen LogP contribution >= 0.6 is 11.8 Å². The van der Waals surface area contributed by atoms with Crippen LogP contribution in [0.25, 0.3) is 0 Å². The summed E-state index contributed by atoms with van der Waals surface area (Å²) in [6.07, 6.45) is 4.19. The van der Waals surface area contributed by atoms with Crippen LogP contribution in [-0.2, 0) is 0 Å². The number of thioether (sulfide) groups is 1. The van der Waals surface area contributed by atoms with Gasteiger partial charge in [-0.3, -0.25) is 5.01 Å². The van der Waals surface area contributed by atoms with Gasteiger partial charge >= 0.3 is 0 Å². The number of rotatable bonds is 4. The lowest BCUT2D eigenvalue weighted by Gasteiger charge is -2.10. The first-order chi connectivity index (χ1) is 7.24. The lowest BCUT2D eigenvalue weighted by Crippen LogP contribution is -2.22. The fourth-order valence-electron chi connectivity index (χ4n) is 2.01. The van der Waals surface area contributed by atoms with E-state index in [1.54, 1.807) is 0 Å². The van der Waals surface area contributed by atoms with Crippen LogP contribution in [0.15, 0.2) is 5.10 Å². The SMILES string of the molecule is CC1SC(C2CC2NCC2CC2)=NN1C. The molecule has 3 nitrogen and oxygen atoms in total. The molecule has 2 aliphatic carbocycles. The summed E-state index contributed by atoms with van der Waals surface area (Å²) >= 11 is 1.93. The largest absolute Gasteiger partial charge is 0.313 e. The molecular formula is C11H19N3S. The monoisotopic (exact) mass is 225 g/mol. The molecule has 0 saturated heterocycles. The van der Waals surface area contributed by atoms with E-state index in [1.807, 2.05) is 11.8 Å². The second kappa shape index (κ2) is 3.67. The van der Waals surface area contributed by atoms with Gasteiger partial charge in [-0.05, 0) is 38.6 Å². The van der Waals surface area contributed by atoms with Crippen LogP contribution in [0.5, 0.6) is 0 Å². The highest BCUT2D eigenvalue weighted by Gasteiger charge is 2.44. The Morgan fingerprint density at radius 3 is 2.93 bits per heavy atom. The van der Waals surface area contributed by atoms with Crippen molar-refractivity contribution in [3.8, 4) is 0 Å². The third-order valence-corrected chi connectivity index (χ3v) is 4.82. The minimum absolute atomic E-state index is 0.532. The van der Waals surface area contributed by atoms with Crippen molar-refractivity contribution in [2.24, 2.45) is 16.9 Å². The second-order valence-electron chi connectivity index (χ2n) is 5.03. The lowest BCUT2D eigenvalue weighted by atomic mass is 10.4. The minimum atomic E-state index is 0.532. The van der Waals surface area contributed by atoms with Crippen molar-refractivity contribution in [1.82, 2.24) is 10.3 Å². The molecule has 2 saturated carbocycles. The molecule has 0 spiro atoms. The van der Waals surface area contributed by atoms with Crippen molar-refractivity contribution in [3.63, 3.8) is 0 Å². The van der Waals surface area contributed by atoms with E-state index >= 15 is 0 Å². The number of nitrogens with zero attached hydrogens (tertiary/aromatic N) is 2. The third-order valence-electron chi connectivity index (χ3n) is 3.55. The van der Waals surface area contributed by atoms with Gasteiger partial charge in [-0.2, -0.15) is 5.10 Å². The van der Waals surface area contributed by atoms with Crippen molar-refractivity contribution in [1.29, 1.82) is 0 Å². The van der Waals surface area contributed by atoms with E-state index in [4.69, 9.17) is 0 Å². The average molecular weight is 225 g/mol. The maximum atomic E-state index is 4.60. The van der Waals surface area contributed by atoms with E-state index in [0.717, 1.165) is 17.9 Å². The highest BCUT2D eigenvalue weighted by Crippen LogP contribution is 2.41. The molecule has 84 valence electrons. The summed E-state index contributed by atoms with van der Waals surface area (Å²) in [6, 6.07) is 0.732. The lowest BCUT2D eigenvalue weighted by molar-refractivity contribution is 0.356. The van der Waals surface area contributed by atoms with Gasteiger partial charge < -0.3 is 5.32 Å². The van der Waals surface area contributed by atoms with Crippen LogP contribution in [0.1, 0.15) is 26.2 Å². The normalized spacial score (nSPS) is 39.5. The maximum absolute atomic E-state index is 4.60. The minimum Gasteiger partial charge on any atom is -0.313 e. The molecular weight excluding hydrogens is 206 g/mol. The molecule has 0 amide bonds. The predicted octanol–water partition coefficient (Wildman–Crippen LogP) is 1.71. The molecule has 0 aromatic heterocycles. The van der Waals surface area contributed by atoms with Crippen molar-refractivity contribution in [3.05, 3.63) is 0 Å². The summed E-state index contributed by atoms with van der Waals surface area (Å²) in [5, 5.41) is 12.2. The zero-order valence-corrected chi connectivity index (χ0v) is 10.3. The molecule has 0 bridgehead atoms. The first-order valence-corrected chi connectivity index (χ1v) is 6.83. The first-order valence-electron chi connectivity index (χ1n) is 5.95. The van der Waals surface area contributed by atoms with Crippen molar-refractivity contribution in [2.45, 2.75) is 37.6 Å². The van der Waals surface area contributed by atoms with Crippen LogP contribution in [0.2, 0.25) is 0 Å². The van der Waals surface area contributed by atoms with E-state index < -0.39 is 0 Å². The molecule has 4 heteroatoms. The number of hydrogen-bond donors (Lipinski definition) is 1. The second-order valence-corrected chi connectivity index (χ2v) is 6.37. The standard InChI is InChI=1S/C11H19N3S/c1-7-14(2)13-11(15-7)9-5-10(9)12-6-8-3-4-8/h7-10,12H,3-6H2,1-2H3. The van der Waals surface area contributed by atoms with E-state index in [-0.39, 0.29) is 0 Å². The smallest absolute Gasteiger partial charge is 0.100 e. The Hall–Kier alpha value is -0.220. The Bertz CT molecular complexity index is 288. The van der Waals surface area contributed by atoms with E-state index in [1.165, 1.54) is 30.9 Å². The van der Waals surface area contributed by atoms with E-state index in [2.05, 4.69) is 29.4 Å². The molecule has 0 aromatic rings. The number of hydrazone groups is 1. The van der Waals surface area contributed by atoms with Crippen molar-refractivity contribution < 1.29 is 0 Å². The van der Waals surface area contributed by atoms with Gasteiger partial charge in [-0.1, -0.05) is 11.8 Å². The number of hydrogen-bond acceptors (Lipinski definition) is 4. The highest BCUT2D eigenvalue weighted by molar-refractivity contribution is 8.14. The Morgan fingerprint density at radius 1 is 1.53 bits per heavy atom. The van der Waals surface area contributed by atoms with E-state index in [0.29, 0.717) is 5.37 Å². The summed E-state index contributed by atoms with van der Waals surface area (Å²) < 4.78 is 0. The van der Waals surface area contributed by atoms with E-state index in [9.17, 15) is 0 Å². The number of nitrogens with one attached hydrogen (secondary N) is 1. The van der Waals surface area contributed by atoms with Crippen LogP contribution < -0.4 is 5.32 Å². The summed E-state index contributed by atoms with van der Waals surface area (Å²) in [4.78, 5) is 0. The third kappa shape index (κ3) is 2.16.